The summed E-state index contributed by atoms with van der Waals surface area (Å²) in [6, 6.07) is 13.0. The van der Waals surface area contributed by atoms with Gasteiger partial charge in [-0.15, -0.1) is 0 Å². The molecule has 1 aromatic heterocycles. The van der Waals surface area contributed by atoms with E-state index < -0.39 is 0 Å². The largest absolute Gasteiger partial charge is 0.322 e. The Balaban J connectivity index is 2.03. The molecule has 0 saturated heterocycles. The molecule has 0 aliphatic rings. The van der Waals surface area contributed by atoms with Gasteiger partial charge in [0.2, 0.25) is 0 Å². The van der Waals surface area contributed by atoms with Crippen LogP contribution in [-0.4, -0.2) is 27.0 Å². The van der Waals surface area contributed by atoms with Crippen LogP contribution in [0.3, 0.4) is 0 Å². The van der Waals surface area contributed by atoms with Gasteiger partial charge in [0.05, 0.1) is 16.9 Å². The van der Waals surface area contributed by atoms with Crippen LogP contribution in [0.4, 0.5) is 10.5 Å². The maximum atomic E-state index is 13.6. The van der Waals surface area contributed by atoms with Crippen molar-refractivity contribution in [3.63, 3.8) is 0 Å². The second-order valence-corrected chi connectivity index (χ2v) is 9.27. The van der Waals surface area contributed by atoms with Crippen molar-refractivity contribution in [3.05, 3.63) is 69.8 Å². The molecule has 176 valence electrons. The maximum absolute atomic E-state index is 13.6. The number of hydrogen-bond acceptors (Lipinski definition) is 3. The second-order valence-electron chi connectivity index (χ2n) is 9.27. The summed E-state index contributed by atoms with van der Waals surface area (Å²) in [6.45, 7) is 13.1. The molecule has 1 unspecified atom stereocenters. The van der Waals surface area contributed by atoms with Crippen molar-refractivity contribution in [2.24, 2.45) is 7.05 Å². The van der Waals surface area contributed by atoms with Crippen molar-refractivity contribution < 1.29 is 4.79 Å². The molecule has 0 spiro atoms. The van der Waals surface area contributed by atoms with Gasteiger partial charge in [-0.25, -0.2) is 9.78 Å². The summed E-state index contributed by atoms with van der Waals surface area (Å²) in [7, 11) is 1.72. The average Bonchev–Trinajstić information content (AvgIpc) is 2.79. The zero-order valence-electron chi connectivity index (χ0n) is 20.8. The lowest BCUT2D eigenvalue weighted by atomic mass is 9.92. The molecule has 0 aliphatic heterocycles. The Kier molecular flexibility index (Phi) is 7.57. The highest BCUT2D eigenvalue weighted by Gasteiger charge is 2.26. The molecule has 0 bridgehead atoms. The summed E-state index contributed by atoms with van der Waals surface area (Å²) in [5, 5.41) is 3.80. The number of amides is 2. The van der Waals surface area contributed by atoms with Crippen LogP contribution in [0.5, 0.6) is 0 Å². The van der Waals surface area contributed by atoms with Gasteiger partial charge in [0.15, 0.2) is 0 Å². The van der Waals surface area contributed by atoms with E-state index in [2.05, 4.69) is 51.2 Å². The predicted molar refractivity (Wildman–Crippen MR) is 136 cm³/mol. The number of fused-ring (bicyclic) bond motifs is 1. The van der Waals surface area contributed by atoms with Gasteiger partial charge < -0.3 is 10.2 Å². The van der Waals surface area contributed by atoms with Crippen molar-refractivity contribution in [3.8, 4) is 0 Å². The standard InChI is InChI=1S/C27H36N4O2/c1-8-16-31(19(6)25-28-23-15-10-9-12-22(23)26(32)30(25)7)27(33)29-24-20(17(2)3)13-11-14-21(24)18(4)5/h9-15,17-19H,8,16H2,1-7H3,(H,29,33). The third kappa shape index (κ3) is 4.95. The normalized spacial score (nSPS) is 12.4. The summed E-state index contributed by atoms with van der Waals surface area (Å²) in [6.07, 6.45) is 0.794. The SMILES string of the molecule is CCCN(C(=O)Nc1c(C(C)C)cccc1C(C)C)C(C)c1nc2ccccc2c(=O)n1C. The zero-order chi connectivity index (χ0) is 24.3. The van der Waals surface area contributed by atoms with Gasteiger partial charge in [-0.3, -0.25) is 9.36 Å². The van der Waals surface area contributed by atoms with Gasteiger partial charge in [0.1, 0.15) is 5.82 Å². The fourth-order valence-corrected chi connectivity index (χ4v) is 4.33. The van der Waals surface area contributed by atoms with E-state index in [1.807, 2.05) is 32.0 Å². The first-order valence-electron chi connectivity index (χ1n) is 11.8. The van der Waals surface area contributed by atoms with E-state index in [1.54, 1.807) is 22.6 Å². The summed E-state index contributed by atoms with van der Waals surface area (Å²) in [4.78, 5) is 33.1. The van der Waals surface area contributed by atoms with Crippen LogP contribution >= 0.6 is 0 Å². The van der Waals surface area contributed by atoms with E-state index in [0.29, 0.717) is 23.3 Å². The van der Waals surface area contributed by atoms with Crippen LogP contribution in [0.2, 0.25) is 0 Å². The first-order chi connectivity index (χ1) is 15.7. The lowest BCUT2D eigenvalue weighted by molar-refractivity contribution is 0.188. The number of benzene rings is 2. The Hall–Kier alpha value is -3.15. The molecule has 33 heavy (non-hydrogen) atoms. The quantitative estimate of drug-likeness (QED) is 0.469. The minimum atomic E-state index is -0.374. The summed E-state index contributed by atoms with van der Waals surface area (Å²) < 4.78 is 1.56. The molecule has 1 atom stereocenters. The van der Waals surface area contributed by atoms with E-state index >= 15 is 0 Å². The van der Waals surface area contributed by atoms with Crippen LogP contribution in [0.25, 0.3) is 10.9 Å². The maximum Gasteiger partial charge on any atom is 0.322 e. The van der Waals surface area contributed by atoms with Crippen molar-refractivity contribution in [2.75, 3.05) is 11.9 Å². The van der Waals surface area contributed by atoms with E-state index in [-0.39, 0.29) is 29.5 Å². The Labute approximate surface area is 196 Å². The smallest absolute Gasteiger partial charge is 0.315 e. The molecule has 2 amide bonds. The highest BCUT2D eigenvalue weighted by atomic mass is 16.2. The minimum absolute atomic E-state index is 0.105. The van der Waals surface area contributed by atoms with E-state index in [4.69, 9.17) is 4.98 Å². The lowest BCUT2D eigenvalue weighted by Crippen LogP contribution is -2.40. The number of nitrogens with zero attached hydrogens (tertiary/aromatic N) is 3. The summed E-state index contributed by atoms with van der Waals surface area (Å²) >= 11 is 0. The second kappa shape index (κ2) is 10.2. The Morgan fingerprint density at radius 2 is 1.61 bits per heavy atom. The van der Waals surface area contributed by atoms with Crippen LogP contribution in [0.1, 0.15) is 82.8 Å². The topological polar surface area (TPSA) is 67.2 Å². The van der Waals surface area contributed by atoms with Gasteiger partial charge >= 0.3 is 6.03 Å². The molecule has 1 N–H and O–H groups in total. The molecule has 0 radical (unpaired) electrons. The third-order valence-corrected chi connectivity index (χ3v) is 6.19. The Bertz CT molecular complexity index is 1170. The molecule has 3 rings (SSSR count). The fourth-order valence-electron chi connectivity index (χ4n) is 4.33. The summed E-state index contributed by atoms with van der Waals surface area (Å²) in [5.74, 6) is 1.13. The van der Waals surface area contributed by atoms with Gasteiger partial charge in [-0.1, -0.05) is 65.0 Å². The van der Waals surface area contributed by atoms with Crippen LogP contribution < -0.4 is 10.9 Å². The molecule has 0 saturated carbocycles. The number of rotatable bonds is 7. The highest BCUT2D eigenvalue weighted by Crippen LogP contribution is 2.33. The minimum Gasteiger partial charge on any atom is -0.315 e. The van der Waals surface area contributed by atoms with Crippen molar-refractivity contribution in [1.82, 2.24) is 14.5 Å². The number of aromatic nitrogens is 2. The van der Waals surface area contributed by atoms with Crippen molar-refractivity contribution >= 4 is 22.6 Å². The van der Waals surface area contributed by atoms with Gasteiger partial charge in [-0.2, -0.15) is 0 Å². The monoisotopic (exact) mass is 448 g/mol. The number of anilines is 1. The Morgan fingerprint density at radius 1 is 1.00 bits per heavy atom. The van der Waals surface area contributed by atoms with Gasteiger partial charge in [-0.05, 0) is 48.4 Å². The van der Waals surface area contributed by atoms with E-state index in [1.165, 1.54) is 0 Å². The van der Waals surface area contributed by atoms with Crippen molar-refractivity contribution in [1.29, 1.82) is 0 Å². The van der Waals surface area contributed by atoms with Gasteiger partial charge in [0.25, 0.3) is 5.56 Å². The number of para-hydroxylation sites is 2. The number of carbonyl (C=O) groups is 1. The van der Waals surface area contributed by atoms with Gasteiger partial charge in [0, 0.05) is 19.3 Å². The van der Waals surface area contributed by atoms with Crippen LogP contribution in [-0.2, 0) is 7.05 Å². The summed E-state index contributed by atoms with van der Waals surface area (Å²) in [5.41, 5.74) is 3.67. The third-order valence-electron chi connectivity index (χ3n) is 6.19. The number of urea groups is 1. The van der Waals surface area contributed by atoms with Crippen LogP contribution in [0.15, 0.2) is 47.3 Å². The molecule has 2 aromatic carbocycles. The molecule has 6 heteroatoms. The van der Waals surface area contributed by atoms with Crippen LogP contribution in [0, 0.1) is 0 Å². The average molecular weight is 449 g/mol. The molecule has 1 heterocycles. The molecule has 6 nitrogen and oxygen atoms in total. The zero-order valence-corrected chi connectivity index (χ0v) is 20.8. The molecule has 0 fully saturated rings. The number of carbonyl (C=O) groups excluding carboxylic acids is 1. The first kappa shape index (κ1) is 24.5. The van der Waals surface area contributed by atoms with E-state index in [0.717, 1.165) is 23.2 Å². The first-order valence-corrected chi connectivity index (χ1v) is 11.8. The lowest BCUT2D eigenvalue weighted by Gasteiger charge is -2.31. The molecule has 3 aromatic rings. The predicted octanol–water partition coefficient (Wildman–Crippen LogP) is 6.19. The number of hydrogen-bond donors (Lipinski definition) is 1. The number of nitrogens with one attached hydrogen (secondary N) is 1. The Morgan fingerprint density at radius 3 is 2.18 bits per heavy atom. The van der Waals surface area contributed by atoms with E-state index in [9.17, 15) is 9.59 Å². The molecule has 0 aliphatic carbocycles. The fraction of sp³-hybridized carbons (Fsp3) is 0.444. The highest BCUT2D eigenvalue weighted by molar-refractivity contribution is 5.91. The van der Waals surface area contributed by atoms with Crippen molar-refractivity contribution in [2.45, 2.75) is 65.8 Å². The molecular weight excluding hydrogens is 412 g/mol. The molecular formula is C27H36N4O2.